The molecule has 0 radical (unpaired) electrons. The zero-order valence-electron chi connectivity index (χ0n) is 12.1. The van der Waals surface area contributed by atoms with Crippen LogP contribution in [-0.4, -0.2) is 19.6 Å². The Morgan fingerprint density at radius 3 is 2.60 bits per heavy atom. The van der Waals surface area contributed by atoms with Crippen molar-refractivity contribution >= 4 is 21.4 Å². The van der Waals surface area contributed by atoms with Crippen molar-refractivity contribution < 1.29 is 13.5 Å². The molecule has 1 aromatic heterocycles. The highest BCUT2D eigenvalue weighted by atomic mass is 32.2. The van der Waals surface area contributed by atoms with Gasteiger partial charge in [0, 0.05) is 10.9 Å². The van der Waals surface area contributed by atoms with E-state index in [4.69, 9.17) is 0 Å². The number of aliphatic hydroxyl groups excluding tert-OH is 1. The van der Waals surface area contributed by atoms with Gasteiger partial charge in [0.15, 0.2) is 0 Å². The van der Waals surface area contributed by atoms with Gasteiger partial charge >= 0.3 is 0 Å². The van der Waals surface area contributed by atoms with E-state index in [0.29, 0.717) is 10.1 Å². The first-order valence-electron chi connectivity index (χ1n) is 7.16. The Kier molecular flexibility index (Phi) is 5.23. The number of aryl methyl sites for hydroxylation is 1. The quantitative estimate of drug-likeness (QED) is 0.877. The summed E-state index contributed by atoms with van der Waals surface area (Å²) in [7, 11) is -3.46. The molecule has 2 rings (SSSR count). The van der Waals surface area contributed by atoms with E-state index in [9.17, 15) is 13.5 Å². The van der Waals surface area contributed by atoms with E-state index >= 15 is 0 Å². The summed E-state index contributed by atoms with van der Waals surface area (Å²) < 4.78 is 27.9. The first kappa shape index (κ1) is 15.9. The van der Waals surface area contributed by atoms with E-state index in [-0.39, 0.29) is 12.6 Å². The molecule has 1 unspecified atom stereocenters. The number of hydrogen-bond donors (Lipinski definition) is 2. The van der Waals surface area contributed by atoms with Crippen LogP contribution < -0.4 is 4.72 Å². The molecule has 20 heavy (non-hydrogen) atoms. The minimum absolute atomic E-state index is 0.0275. The highest BCUT2D eigenvalue weighted by Gasteiger charge is 2.26. The van der Waals surface area contributed by atoms with Gasteiger partial charge in [-0.3, -0.25) is 0 Å². The van der Waals surface area contributed by atoms with Crippen molar-refractivity contribution in [3.63, 3.8) is 0 Å². The summed E-state index contributed by atoms with van der Waals surface area (Å²) in [4.78, 5) is 0.718. The van der Waals surface area contributed by atoms with Crippen LogP contribution in [0.1, 0.15) is 49.5 Å². The summed E-state index contributed by atoms with van der Waals surface area (Å²) in [6, 6.07) is 1.62. The zero-order valence-corrected chi connectivity index (χ0v) is 13.7. The minimum Gasteiger partial charge on any atom is -0.391 e. The van der Waals surface area contributed by atoms with Crippen molar-refractivity contribution in [2.45, 2.75) is 62.8 Å². The lowest BCUT2D eigenvalue weighted by Gasteiger charge is -2.27. The monoisotopic (exact) mass is 317 g/mol. The van der Waals surface area contributed by atoms with Gasteiger partial charge in [-0.15, -0.1) is 11.3 Å². The van der Waals surface area contributed by atoms with E-state index in [0.717, 1.165) is 34.6 Å². The van der Waals surface area contributed by atoms with Gasteiger partial charge in [0.1, 0.15) is 4.21 Å². The van der Waals surface area contributed by atoms with E-state index in [1.807, 2.05) is 13.8 Å². The minimum atomic E-state index is -3.46. The standard InChI is InChI=1S/C14H23NO3S2/c1-10-8-14(19-13(10)9-16)20(17,18)15-11(2)12-6-4-3-5-7-12/h8,11-12,15-16H,3-7,9H2,1-2H3. The number of hydrogen-bond acceptors (Lipinski definition) is 4. The van der Waals surface area contributed by atoms with Gasteiger partial charge in [-0.05, 0) is 44.2 Å². The van der Waals surface area contributed by atoms with Crippen molar-refractivity contribution in [3.8, 4) is 0 Å². The molecule has 0 spiro atoms. The van der Waals surface area contributed by atoms with Gasteiger partial charge in [-0.2, -0.15) is 0 Å². The average molecular weight is 317 g/mol. The predicted molar refractivity (Wildman–Crippen MR) is 81.3 cm³/mol. The third-order valence-corrected chi connectivity index (χ3v) is 7.36. The Morgan fingerprint density at radius 2 is 2.05 bits per heavy atom. The Labute approximate surface area is 125 Å². The molecule has 0 saturated heterocycles. The second-order valence-corrected chi connectivity index (χ2v) is 8.72. The van der Waals surface area contributed by atoms with Crippen molar-refractivity contribution in [2.24, 2.45) is 5.92 Å². The lowest BCUT2D eigenvalue weighted by Crippen LogP contribution is -2.38. The van der Waals surface area contributed by atoms with Crippen LogP contribution in [-0.2, 0) is 16.6 Å². The van der Waals surface area contributed by atoms with Crippen LogP contribution in [0.25, 0.3) is 0 Å². The summed E-state index contributed by atoms with van der Waals surface area (Å²) >= 11 is 1.15. The fourth-order valence-corrected chi connectivity index (χ4v) is 5.59. The smallest absolute Gasteiger partial charge is 0.250 e. The topological polar surface area (TPSA) is 66.4 Å². The third kappa shape index (κ3) is 3.61. The highest BCUT2D eigenvalue weighted by molar-refractivity contribution is 7.91. The molecule has 1 fully saturated rings. The molecular weight excluding hydrogens is 294 g/mol. The van der Waals surface area contributed by atoms with E-state index in [1.165, 1.54) is 19.3 Å². The van der Waals surface area contributed by atoms with Gasteiger partial charge in [-0.25, -0.2) is 13.1 Å². The number of nitrogens with one attached hydrogen (secondary N) is 1. The van der Waals surface area contributed by atoms with Gasteiger partial charge in [-0.1, -0.05) is 19.3 Å². The molecule has 1 aliphatic rings. The Bertz CT molecular complexity index is 545. The van der Waals surface area contributed by atoms with Crippen LogP contribution in [0, 0.1) is 12.8 Å². The van der Waals surface area contributed by atoms with Crippen LogP contribution in [0.2, 0.25) is 0 Å². The molecule has 0 aromatic carbocycles. The molecular formula is C14H23NO3S2. The second-order valence-electron chi connectivity index (χ2n) is 5.64. The maximum Gasteiger partial charge on any atom is 0.250 e. The lowest BCUT2D eigenvalue weighted by molar-refractivity contribution is 0.285. The Balaban J connectivity index is 2.09. The molecule has 1 saturated carbocycles. The van der Waals surface area contributed by atoms with Gasteiger partial charge in [0.05, 0.1) is 6.61 Å². The number of aliphatic hydroxyl groups is 1. The number of sulfonamides is 1. The molecule has 0 amide bonds. The van der Waals surface area contributed by atoms with Crippen LogP contribution in [0.3, 0.4) is 0 Å². The molecule has 1 heterocycles. The number of rotatable bonds is 5. The largest absolute Gasteiger partial charge is 0.391 e. The molecule has 4 nitrogen and oxygen atoms in total. The summed E-state index contributed by atoms with van der Waals surface area (Å²) in [6.07, 6.45) is 5.87. The molecule has 114 valence electrons. The van der Waals surface area contributed by atoms with Crippen LogP contribution >= 0.6 is 11.3 Å². The fraction of sp³-hybridized carbons (Fsp3) is 0.714. The van der Waals surface area contributed by atoms with Crippen molar-refractivity contribution in [1.29, 1.82) is 0 Å². The average Bonchev–Trinajstić information content (AvgIpc) is 2.81. The Morgan fingerprint density at radius 1 is 1.40 bits per heavy atom. The van der Waals surface area contributed by atoms with E-state index in [1.54, 1.807) is 6.07 Å². The van der Waals surface area contributed by atoms with E-state index < -0.39 is 10.0 Å². The van der Waals surface area contributed by atoms with Gasteiger partial charge in [0.2, 0.25) is 10.0 Å². The van der Waals surface area contributed by atoms with Crippen LogP contribution in [0.5, 0.6) is 0 Å². The maximum atomic E-state index is 12.4. The first-order valence-corrected chi connectivity index (χ1v) is 9.46. The lowest BCUT2D eigenvalue weighted by atomic mass is 9.85. The van der Waals surface area contributed by atoms with Gasteiger partial charge < -0.3 is 5.11 Å². The van der Waals surface area contributed by atoms with Crippen LogP contribution in [0.15, 0.2) is 10.3 Å². The molecule has 6 heteroatoms. The van der Waals surface area contributed by atoms with E-state index in [2.05, 4.69) is 4.72 Å². The summed E-state index contributed by atoms with van der Waals surface area (Å²) in [5, 5.41) is 9.18. The maximum absolute atomic E-state index is 12.4. The number of thiophene rings is 1. The second kappa shape index (κ2) is 6.56. The van der Waals surface area contributed by atoms with Crippen molar-refractivity contribution in [1.82, 2.24) is 4.72 Å². The first-order chi connectivity index (χ1) is 9.44. The zero-order chi connectivity index (χ0) is 14.8. The highest BCUT2D eigenvalue weighted by Crippen LogP contribution is 2.29. The van der Waals surface area contributed by atoms with Crippen molar-refractivity contribution in [2.75, 3.05) is 0 Å². The molecule has 1 aliphatic carbocycles. The molecule has 0 aliphatic heterocycles. The molecule has 1 aromatic rings. The third-order valence-electron chi connectivity index (χ3n) is 4.10. The van der Waals surface area contributed by atoms with Crippen molar-refractivity contribution in [3.05, 3.63) is 16.5 Å². The van der Waals surface area contributed by atoms with Gasteiger partial charge in [0.25, 0.3) is 0 Å². The van der Waals surface area contributed by atoms with Crippen LogP contribution in [0.4, 0.5) is 0 Å². The summed E-state index contributed by atoms with van der Waals surface area (Å²) in [5.74, 6) is 0.442. The SMILES string of the molecule is Cc1cc(S(=O)(=O)NC(C)C2CCCCC2)sc1CO. The summed E-state index contributed by atoms with van der Waals surface area (Å²) in [6.45, 7) is 3.68. The Hall–Kier alpha value is -0.430. The summed E-state index contributed by atoms with van der Waals surface area (Å²) in [5.41, 5.74) is 0.836. The molecule has 0 bridgehead atoms. The molecule has 2 N–H and O–H groups in total. The normalized spacial score (nSPS) is 19.1. The predicted octanol–water partition coefficient (Wildman–Crippen LogP) is 2.80. The fourth-order valence-electron chi connectivity index (χ4n) is 2.81. The molecule has 1 atom stereocenters.